The summed E-state index contributed by atoms with van der Waals surface area (Å²) < 4.78 is 0. The van der Waals surface area contributed by atoms with Gasteiger partial charge in [0.25, 0.3) is 0 Å². The number of hydrogen-bond donors (Lipinski definition) is 1. The molecule has 2 nitrogen and oxygen atoms in total. The minimum atomic E-state index is 0.255. The summed E-state index contributed by atoms with van der Waals surface area (Å²) in [5.74, 6) is 3.60. The minimum Gasteiger partial charge on any atom is -0.313 e. The maximum absolute atomic E-state index is 11.9. The van der Waals surface area contributed by atoms with Gasteiger partial charge in [-0.1, -0.05) is 19.1 Å². The molecule has 0 aromatic rings. The molecule has 5 rings (SSSR count). The second kappa shape index (κ2) is 4.59. The molecule has 3 fully saturated rings. The molecule has 2 bridgehead atoms. The van der Waals surface area contributed by atoms with Gasteiger partial charge in [0.2, 0.25) is 0 Å². The van der Waals surface area contributed by atoms with E-state index in [0.29, 0.717) is 17.2 Å². The normalized spacial score (nSPS) is 54.1. The summed E-state index contributed by atoms with van der Waals surface area (Å²) in [6.07, 6.45) is 14.3. The molecule has 0 aromatic carbocycles. The summed E-state index contributed by atoms with van der Waals surface area (Å²) in [5.41, 5.74) is 2.16. The Labute approximate surface area is 139 Å². The van der Waals surface area contributed by atoms with Crippen molar-refractivity contribution < 1.29 is 4.79 Å². The summed E-state index contributed by atoms with van der Waals surface area (Å²) in [6.45, 7) is 6.08. The second-order valence-electron chi connectivity index (χ2n) is 9.40. The van der Waals surface area contributed by atoms with Crippen molar-refractivity contribution in [2.75, 3.05) is 6.54 Å². The lowest BCUT2D eigenvalue weighted by atomic mass is 9.49. The van der Waals surface area contributed by atoms with E-state index in [4.69, 9.17) is 0 Å². The van der Waals surface area contributed by atoms with E-state index in [2.05, 4.69) is 31.3 Å². The number of piperidine rings is 1. The van der Waals surface area contributed by atoms with Gasteiger partial charge in [-0.3, -0.25) is 4.79 Å². The van der Waals surface area contributed by atoms with Gasteiger partial charge in [-0.25, -0.2) is 0 Å². The van der Waals surface area contributed by atoms with E-state index in [1.807, 2.05) is 6.08 Å². The molecule has 0 radical (unpaired) electrons. The van der Waals surface area contributed by atoms with E-state index in [0.717, 1.165) is 36.5 Å². The van der Waals surface area contributed by atoms with Crippen LogP contribution < -0.4 is 5.32 Å². The third-order valence-electron chi connectivity index (χ3n) is 8.56. The Bertz CT molecular complexity index is 619. The summed E-state index contributed by atoms with van der Waals surface area (Å²) in [5, 5.41) is 3.82. The van der Waals surface area contributed by atoms with Crippen LogP contribution in [0.4, 0.5) is 0 Å². The van der Waals surface area contributed by atoms with Crippen LogP contribution in [0.1, 0.15) is 52.4 Å². The molecule has 1 saturated heterocycles. The van der Waals surface area contributed by atoms with Gasteiger partial charge in [0.15, 0.2) is 5.78 Å². The average Bonchev–Trinajstić information content (AvgIpc) is 2.87. The van der Waals surface area contributed by atoms with Crippen LogP contribution in [0.3, 0.4) is 0 Å². The van der Waals surface area contributed by atoms with E-state index < -0.39 is 0 Å². The summed E-state index contributed by atoms with van der Waals surface area (Å²) in [4.78, 5) is 11.9. The highest BCUT2D eigenvalue weighted by molar-refractivity contribution is 5.92. The number of carbonyl (C=O) groups is 1. The van der Waals surface area contributed by atoms with Crippen LogP contribution in [0.2, 0.25) is 0 Å². The number of carbonyl (C=O) groups excluding carboxylic acids is 1. The molecule has 0 aromatic heterocycles. The van der Waals surface area contributed by atoms with E-state index in [9.17, 15) is 4.79 Å². The number of nitrogens with one attached hydrogen (secondary N) is 1. The molecule has 1 aliphatic heterocycles. The number of rotatable bonds is 0. The molecule has 2 heteroatoms. The van der Waals surface area contributed by atoms with Crippen LogP contribution in [-0.4, -0.2) is 18.4 Å². The zero-order valence-corrected chi connectivity index (χ0v) is 14.5. The number of ketones is 1. The number of allylic oxidation sites excluding steroid dienone is 4. The van der Waals surface area contributed by atoms with E-state index >= 15 is 0 Å². The van der Waals surface area contributed by atoms with Crippen LogP contribution >= 0.6 is 0 Å². The lowest BCUT2D eigenvalue weighted by Crippen LogP contribution is -2.53. The number of fused-ring (bicyclic) bond motifs is 5. The third-order valence-corrected chi connectivity index (χ3v) is 8.56. The van der Waals surface area contributed by atoms with Crippen LogP contribution in [0.15, 0.2) is 23.8 Å². The standard InChI is InChI=1S/C21H29NO/c1-13-14-9-19-17-4-3-15-10-16(23)5-7-20(15,2)18(17)6-8-21(19,11-14)12-22-13/h3-4,10,13-14,17-19,22H,5-9,11-12H2,1-2H3. The van der Waals surface area contributed by atoms with Crippen molar-refractivity contribution in [1.82, 2.24) is 5.32 Å². The SMILES string of the molecule is CC1NCC23CCC4C(C=CC5=CC(=O)CCC54C)C2CC1C3. The Balaban J connectivity index is 1.54. The third kappa shape index (κ3) is 1.82. The lowest BCUT2D eigenvalue weighted by molar-refractivity contribution is -0.116. The van der Waals surface area contributed by atoms with Crippen molar-refractivity contribution in [3.63, 3.8) is 0 Å². The van der Waals surface area contributed by atoms with Gasteiger partial charge in [0.1, 0.15) is 0 Å². The Morgan fingerprint density at radius 3 is 3.00 bits per heavy atom. The molecule has 1 N–H and O–H groups in total. The molecule has 1 heterocycles. The topological polar surface area (TPSA) is 29.1 Å². The minimum absolute atomic E-state index is 0.255. The molecule has 5 aliphatic rings. The van der Waals surface area contributed by atoms with Gasteiger partial charge in [-0.2, -0.15) is 0 Å². The Morgan fingerprint density at radius 1 is 1.26 bits per heavy atom. The fourth-order valence-electron chi connectivity index (χ4n) is 7.11. The highest BCUT2D eigenvalue weighted by atomic mass is 16.1. The van der Waals surface area contributed by atoms with Crippen LogP contribution in [0, 0.1) is 34.5 Å². The van der Waals surface area contributed by atoms with Gasteiger partial charge < -0.3 is 5.32 Å². The molecule has 7 atom stereocenters. The Hall–Kier alpha value is -0.890. The largest absolute Gasteiger partial charge is 0.313 e. The molecule has 23 heavy (non-hydrogen) atoms. The van der Waals surface area contributed by atoms with Crippen molar-refractivity contribution in [3.8, 4) is 0 Å². The average molecular weight is 311 g/mol. The lowest BCUT2D eigenvalue weighted by Gasteiger charge is -2.56. The predicted molar refractivity (Wildman–Crippen MR) is 91.9 cm³/mol. The smallest absolute Gasteiger partial charge is 0.156 e. The fourth-order valence-corrected chi connectivity index (χ4v) is 7.11. The molecule has 7 unspecified atom stereocenters. The van der Waals surface area contributed by atoms with E-state index in [-0.39, 0.29) is 5.41 Å². The quantitative estimate of drug-likeness (QED) is 0.735. The molecule has 1 spiro atoms. The first-order chi connectivity index (χ1) is 11.0. The van der Waals surface area contributed by atoms with Crippen molar-refractivity contribution in [2.24, 2.45) is 34.5 Å². The molecule has 0 amide bonds. The molecule has 2 saturated carbocycles. The van der Waals surface area contributed by atoms with Gasteiger partial charge in [-0.15, -0.1) is 0 Å². The van der Waals surface area contributed by atoms with E-state index in [1.165, 1.54) is 37.8 Å². The zero-order valence-electron chi connectivity index (χ0n) is 14.5. The Morgan fingerprint density at radius 2 is 2.13 bits per heavy atom. The molecular weight excluding hydrogens is 282 g/mol. The highest BCUT2D eigenvalue weighted by Crippen LogP contribution is 2.65. The first kappa shape index (κ1) is 14.5. The van der Waals surface area contributed by atoms with Crippen molar-refractivity contribution in [3.05, 3.63) is 23.8 Å². The first-order valence-electron chi connectivity index (χ1n) is 9.68. The zero-order chi connectivity index (χ0) is 15.8. The van der Waals surface area contributed by atoms with Crippen LogP contribution in [-0.2, 0) is 4.79 Å². The highest BCUT2D eigenvalue weighted by Gasteiger charge is 2.60. The Kier molecular flexibility index (Phi) is 2.89. The maximum Gasteiger partial charge on any atom is 0.156 e. The molecule has 124 valence electrons. The van der Waals surface area contributed by atoms with Crippen molar-refractivity contribution in [2.45, 2.75) is 58.4 Å². The van der Waals surface area contributed by atoms with Crippen molar-refractivity contribution >= 4 is 5.78 Å². The van der Waals surface area contributed by atoms with Gasteiger partial charge in [0.05, 0.1) is 0 Å². The summed E-state index contributed by atoms with van der Waals surface area (Å²) >= 11 is 0. The van der Waals surface area contributed by atoms with Crippen molar-refractivity contribution in [1.29, 1.82) is 0 Å². The molecule has 4 aliphatic carbocycles. The predicted octanol–water partition coefficient (Wildman–Crippen LogP) is 3.88. The van der Waals surface area contributed by atoms with Crippen LogP contribution in [0.5, 0.6) is 0 Å². The second-order valence-corrected chi connectivity index (χ2v) is 9.40. The fraction of sp³-hybridized carbons (Fsp3) is 0.762. The molecular formula is C21H29NO. The van der Waals surface area contributed by atoms with Gasteiger partial charge in [0, 0.05) is 19.0 Å². The van der Waals surface area contributed by atoms with E-state index in [1.54, 1.807) is 0 Å². The maximum atomic E-state index is 11.9. The summed E-state index contributed by atoms with van der Waals surface area (Å²) in [7, 11) is 0. The first-order valence-corrected chi connectivity index (χ1v) is 9.68. The van der Waals surface area contributed by atoms with Gasteiger partial charge in [-0.05, 0) is 85.2 Å². The summed E-state index contributed by atoms with van der Waals surface area (Å²) in [6, 6.07) is 0.704. The van der Waals surface area contributed by atoms with Gasteiger partial charge >= 0.3 is 0 Å². The number of hydrogen-bond acceptors (Lipinski definition) is 2. The monoisotopic (exact) mass is 311 g/mol. The van der Waals surface area contributed by atoms with Crippen LogP contribution in [0.25, 0.3) is 0 Å².